The predicted octanol–water partition coefficient (Wildman–Crippen LogP) is 2.71. The number of hydrogen-bond acceptors (Lipinski definition) is 3. The molecule has 0 unspecified atom stereocenters. The van der Waals surface area contributed by atoms with Gasteiger partial charge in [0.25, 0.3) is 0 Å². The van der Waals surface area contributed by atoms with Crippen LogP contribution in [0.5, 0.6) is 5.75 Å². The molecule has 0 radical (unpaired) electrons. The Kier molecular flexibility index (Phi) is 4.88. The van der Waals surface area contributed by atoms with Crippen LogP contribution < -0.4 is 10.1 Å². The number of nitrogens with one attached hydrogen (secondary N) is 1. The van der Waals surface area contributed by atoms with E-state index in [4.69, 9.17) is 4.74 Å². The van der Waals surface area contributed by atoms with E-state index >= 15 is 0 Å². The van der Waals surface area contributed by atoms with Crippen LogP contribution in [0, 0.1) is 11.8 Å². The summed E-state index contributed by atoms with van der Waals surface area (Å²) >= 11 is 0. The van der Waals surface area contributed by atoms with E-state index in [1.54, 1.807) is 7.11 Å². The van der Waals surface area contributed by atoms with Crippen LogP contribution in [0.1, 0.15) is 50.0 Å². The van der Waals surface area contributed by atoms with Gasteiger partial charge in [-0.2, -0.15) is 0 Å². The van der Waals surface area contributed by atoms with E-state index in [1.807, 2.05) is 29.2 Å². The quantitative estimate of drug-likeness (QED) is 0.882. The number of ether oxygens (including phenoxy) is 1. The number of methoxy groups -OCH3 is 1. The van der Waals surface area contributed by atoms with Crippen molar-refractivity contribution in [2.45, 2.75) is 50.5 Å². The van der Waals surface area contributed by atoms with Gasteiger partial charge in [0.1, 0.15) is 5.75 Å². The molecule has 2 atom stereocenters. The molecule has 1 saturated heterocycles. The number of nitrogens with zero attached hydrogens (tertiary/aromatic N) is 1. The van der Waals surface area contributed by atoms with E-state index in [0.29, 0.717) is 19.1 Å². The first-order valence-electron chi connectivity index (χ1n) is 9.89. The largest absolute Gasteiger partial charge is 0.497 e. The van der Waals surface area contributed by atoms with E-state index < -0.39 is 0 Å². The molecule has 3 aliphatic rings. The zero-order valence-electron chi connectivity index (χ0n) is 15.4. The average Bonchev–Trinajstić information content (AvgIpc) is 3.16. The third kappa shape index (κ3) is 3.57. The SMILES string of the molecule is COc1ccc([C@H]2CN(C(=O)C3CCCC3)C[C@@H]2C(=O)NC2CC2)cc1. The Hall–Kier alpha value is -2.04. The molecule has 1 aliphatic heterocycles. The Labute approximate surface area is 155 Å². The maximum Gasteiger partial charge on any atom is 0.225 e. The van der Waals surface area contributed by atoms with Crippen molar-refractivity contribution in [2.75, 3.05) is 20.2 Å². The summed E-state index contributed by atoms with van der Waals surface area (Å²) < 4.78 is 5.25. The summed E-state index contributed by atoms with van der Waals surface area (Å²) in [7, 11) is 1.65. The van der Waals surface area contributed by atoms with E-state index in [0.717, 1.165) is 49.8 Å². The van der Waals surface area contributed by atoms with Crippen molar-refractivity contribution in [2.24, 2.45) is 11.8 Å². The molecule has 0 aromatic heterocycles. The van der Waals surface area contributed by atoms with Gasteiger partial charge in [0.05, 0.1) is 13.0 Å². The Bertz CT molecular complexity index is 662. The Morgan fingerprint density at radius 1 is 1.04 bits per heavy atom. The molecule has 2 amide bonds. The average molecular weight is 356 g/mol. The van der Waals surface area contributed by atoms with Gasteiger partial charge in [-0.15, -0.1) is 0 Å². The van der Waals surface area contributed by atoms with Crippen LogP contribution in [0.15, 0.2) is 24.3 Å². The van der Waals surface area contributed by atoms with E-state index in [1.165, 1.54) is 0 Å². The summed E-state index contributed by atoms with van der Waals surface area (Å²) in [6.07, 6.45) is 6.46. The van der Waals surface area contributed by atoms with Crippen molar-refractivity contribution in [3.05, 3.63) is 29.8 Å². The normalized spacial score (nSPS) is 26.1. The van der Waals surface area contributed by atoms with E-state index in [2.05, 4.69) is 5.32 Å². The van der Waals surface area contributed by atoms with Crippen LogP contribution in [0.4, 0.5) is 0 Å². The van der Waals surface area contributed by atoms with Crippen LogP contribution in [-0.4, -0.2) is 43.0 Å². The van der Waals surface area contributed by atoms with Crippen molar-refractivity contribution in [1.29, 1.82) is 0 Å². The van der Waals surface area contributed by atoms with Gasteiger partial charge in [0, 0.05) is 31.0 Å². The summed E-state index contributed by atoms with van der Waals surface area (Å²) in [4.78, 5) is 27.7. The number of amides is 2. The number of carbonyl (C=O) groups excluding carboxylic acids is 2. The Balaban J connectivity index is 1.53. The zero-order valence-corrected chi connectivity index (χ0v) is 15.4. The lowest BCUT2D eigenvalue weighted by atomic mass is 9.88. The van der Waals surface area contributed by atoms with Gasteiger partial charge in [-0.3, -0.25) is 9.59 Å². The van der Waals surface area contributed by atoms with Gasteiger partial charge in [0.15, 0.2) is 0 Å². The lowest BCUT2D eigenvalue weighted by Crippen LogP contribution is -2.37. The first kappa shape index (κ1) is 17.4. The fourth-order valence-corrected chi connectivity index (χ4v) is 4.41. The van der Waals surface area contributed by atoms with Crippen LogP contribution in [-0.2, 0) is 9.59 Å². The van der Waals surface area contributed by atoms with Gasteiger partial charge in [-0.05, 0) is 43.4 Å². The Morgan fingerprint density at radius 2 is 1.73 bits per heavy atom. The summed E-state index contributed by atoms with van der Waals surface area (Å²) in [5.74, 6) is 1.23. The monoisotopic (exact) mass is 356 g/mol. The molecule has 0 bridgehead atoms. The van der Waals surface area contributed by atoms with Crippen molar-refractivity contribution < 1.29 is 14.3 Å². The molecule has 26 heavy (non-hydrogen) atoms. The minimum atomic E-state index is -0.158. The highest BCUT2D eigenvalue weighted by Crippen LogP contribution is 2.37. The zero-order chi connectivity index (χ0) is 18.1. The van der Waals surface area contributed by atoms with Gasteiger partial charge < -0.3 is 15.0 Å². The lowest BCUT2D eigenvalue weighted by Gasteiger charge is -2.20. The molecule has 5 heteroatoms. The van der Waals surface area contributed by atoms with Gasteiger partial charge in [-0.25, -0.2) is 0 Å². The van der Waals surface area contributed by atoms with Crippen LogP contribution in [0.25, 0.3) is 0 Å². The summed E-state index contributed by atoms with van der Waals surface area (Å²) in [6, 6.07) is 8.28. The molecular formula is C21H28N2O3. The molecule has 2 aliphatic carbocycles. The molecule has 3 fully saturated rings. The maximum absolute atomic E-state index is 12.9. The first-order chi connectivity index (χ1) is 12.7. The molecule has 0 spiro atoms. The number of carbonyl (C=O) groups is 2. The molecule has 5 nitrogen and oxygen atoms in total. The molecule has 140 valence electrons. The third-order valence-electron chi connectivity index (χ3n) is 6.14. The highest BCUT2D eigenvalue weighted by Gasteiger charge is 2.43. The smallest absolute Gasteiger partial charge is 0.225 e. The molecule has 1 aromatic carbocycles. The second kappa shape index (κ2) is 7.29. The molecule has 4 rings (SSSR count). The van der Waals surface area contributed by atoms with Crippen molar-refractivity contribution in [3.63, 3.8) is 0 Å². The van der Waals surface area contributed by atoms with Crippen LogP contribution in [0.2, 0.25) is 0 Å². The molecule has 1 N–H and O–H groups in total. The maximum atomic E-state index is 12.9. The highest BCUT2D eigenvalue weighted by molar-refractivity contribution is 5.84. The van der Waals surface area contributed by atoms with Crippen molar-refractivity contribution in [3.8, 4) is 5.75 Å². The standard InChI is InChI=1S/C21H28N2O3/c1-26-17-10-6-14(7-11-17)18-12-23(21(25)15-4-2-3-5-15)13-19(18)20(24)22-16-8-9-16/h6-7,10-11,15-16,18-19H,2-5,8-9,12-13H2,1H3,(H,22,24)/t18-,19+/m1/s1. The summed E-state index contributed by atoms with van der Waals surface area (Å²) in [5, 5.41) is 3.15. The number of likely N-dealkylation sites (tertiary alicyclic amines) is 1. The minimum Gasteiger partial charge on any atom is -0.497 e. The van der Waals surface area contributed by atoms with Gasteiger partial charge >= 0.3 is 0 Å². The van der Waals surface area contributed by atoms with Gasteiger partial charge in [-0.1, -0.05) is 25.0 Å². The highest BCUT2D eigenvalue weighted by atomic mass is 16.5. The molecule has 2 saturated carbocycles. The fourth-order valence-electron chi connectivity index (χ4n) is 4.41. The summed E-state index contributed by atoms with van der Waals surface area (Å²) in [5.41, 5.74) is 1.11. The third-order valence-corrected chi connectivity index (χ3v) is 6.14. The van der Waals surface area contributed by atoms with Crippen molar-refractivity contribution in [1.82, 2.24) is 10.2 Å². The molecule has 1 heterocycles. The Morgan fingerprint density at radius 3 is 2.35 bits per heavy atom. The predicted molar refractivity (Wildman–Crippen MR) is 98.9 cm³/mol. The topological polar surface area (TPSA) is 58.6 Å². The second-order valence-electron chi connectivity index (χ2n) is 7.99. The van der Waals surface area contributed by atoms with Crippen molar-refractivity contribution >= 4 is 11.8 Å². The number of hydrogen-bond donors (Lipinski definition) is 1. The number of rotatable bonds is 5. The first-order valence-corrected chi connectivity index (χ1v) is 9.89. The van der Waals surface area contributed by atoms with Crippen LogP contribution in [0.3, 0.4) is 0 Å². The molecular weight excluding hydrogens is 328 g/mol. The lowest BCUT2D eigenvalue weighted by molar-refractivity contribution is -0.134. The second-order valence-corrected chi connectivity index (χ2v) is 7.99. The van der Waals surface area contributed by atoms with Gasteiger partial charge in [0.2, 0.25) is 11.8 Å². The minimum absolute atomic E-state index is 0.0602. The summed E-state index contributed by atoms with van der Waals surface area (Å²) in [6.45, 7) is 1.19. The fraction of sp³-hybridized carbons (Fsp3) is 0.619. The van der Waals surface area contributed by atoms with E-state index in [-0.39, 0.29) is 29.6 Å². The number of benzene rings is 1. The van der Waals surface area contributed by atoms with E-state index in [9.17, 15) is 9.59 Å². The molecule has 1 aromatic rings. The van der Waals surface area contributed by atoms with Crippen LogP contribution >= 0.6 is 0 Å².